The van der Waals surface area contributed by atoms with Crippen LogP contribution in [0.25, 0.3) is 23.2 Å². The van der Waals surface area contributed by atoms with E-state index in [0.717, 1.165) is 10.6 Å². The second-order valence-electron chi connectivity index (χ2n) is 7.12. The summed E-state index contributed by atoms with van der Waals surface area (Å²) in [4.78, 5) is 26.8. The third-order valence-electron chi connectivity index (χ3n) is 5.09. The number of para-hydroxylation sites is 1. The number of hydrogen-bond donors (Lipinski definition) is 0. The molecule has 154 valence electrons. The van der Waals surface area contributed by atoms with Gasteiger partial charge in [0.05, 0.1) is 12.0 Å². The van der Waals surface area contributed by atoms with Crippen LogP contribution in [-0.4, -0.2) is 33.0 Å². The van der Waals surface area contributed by atoms with Gasteiger partial charge in [0.1, 0.15) is 17.3 Å². The molecule has 0 saturated heterocycles. The number of benzene rings is 1. The summed E-state index contributed by atoms with van der Waals surface area (Å²) >= 11 is 0. The number of nitriles is 1. The SMILES string of the molecule is CCCN1C(=O)C(=Cc2cn(-c3ccccc3)nc2-c2ccco2)C(C)=C(C#N)C1=O. The molecule has 1 aliphatic heterocycles. The number of aromatic nitrogens is 2. The van der Waals surface area contributed by atoms with Gasteiger partial charge in [-0.05, 0) is 49.3 Å². The van der Waals surface area contributed by atoms with E-state index < -0.39 is 11.8 Å². The molecule has 4 rings (SSSR count). The van der Waals surface area contributed by atoms with E-state index in [-0.39, 0.29) is 12.1 Å². The van der Waals surface area contributed by atoms with Crippen molar-refractivity contribution < 1.29 is 14.0 Å². The molecule has 7 nitrogen and oxygen atoms in total. The van der Waals surface area contributed by atoms with Crippen LogP contribution in [0.15, 0.2) is 76.1 Å². The summed E-state index contributed by atoms with van der Waals surface area (Å²) in [5, 5.41) is 14.2. The minimum absolute atomic E-state index is 0.0192. The number of rotatable bonds is 5. The highest BCUT2D eigenvalue weighted by Crippen LogP contribution is 2.31. The quantitative estimate of drug-likeness (QED) is 0.464. The average molecular weight is 412 g/mol. The summed E-state index contributed by atoms with van der Waals surface area (Å²) in [6.07, 6.45) is 5.63. The monoisotopic (exact) mass is 412 g/mol. The lowest BCUT2D eigenvalue weighted by Crippen LogP contribution is -2.43. The van der Waals surface area contributed by atoms with Crippen LogP contribution in [0, 0.1) is 11.3 Å². The van der Waals surface area contributed by atoms with E-state index in [1.165, 1.54) is 0 Å². The minimum Gasteiger partial charge on any atom is -0.463 e. The van der Waals surface area contributed by atoms with Crippen LogP contribution in [-0.2, 0) is 9.59 Å². The summed E-state index contributed by atoms with van der Waals surface area (Å²) in [6, 6.07) is 15.1. The lowest BCUT2D eigenvalue weighted by molar-refractivity contribution is -0.140. The molecule has 3 heterocycles. The molecular weight excluding hydrogens is 392 g/mol. The third kappa shape index (κ3) is 3.60. The maximum atomic E-state index is 13.1. The van der Waals surface area contributed by atoms with Gasteiger partial charge in [0.2, 0.25) is 0 Å². The third-order valence-corrected chi connectivity index (χ3v) is 5.09. The van der Waals surface area contributed by atoms with Gasteiger partial charge in [0.25, 0.3) is 11.8 Å². The highest BCUT2D eigenvalue weighted by Gasteiger charge is 2.35. The molecule has 0 unspecified atom stereocenters. The predicted molar refractivity (Wildman–Crippen MR) is 115 cm³/mol. The summed E-state index contributed by atoms with van der Waals surface area (Å²) in [5.41, 5.74) is 2.69. The van der Waals surface area contributed by atoms with Crippen molar-refractivity contribution in [2.75, 3.05) is 6.54 Å². The number of imide groups is 1. The van der Waals surface area contributed by atoms with Gasteiger partial charge >= 0.3 is 0 Å². The zero-order chi connectivity index (χ0) is 22.0. The predicted octanol–water partition coefficient (Wildman–Crippen LogP) is 4.13. The maximum absolute atomic E-state index is 13.1. The molecule has 0 spiro atoms. The molecule has 31 heavy (non-hydrogen) atoms. The molecular formula is C24H20N4O3. The van der Waals surface area contributed by atoms with Crippen LogP contribution >= 0.6 is 0 Å². The molecule has 3 aromatic rings. The molecule has 0 radical (unpaired) electrons. The number of nitrogens with zero attached hydrogens (tertiary/aromatic N) is 4. The van der Waals surface area contributed by atoms with Crippen LogP contribution in [0.3, 0.4) is 0 Å². The van der Waals surface area contributed by atoms with Crippen molar-refractivity contribution in [2.45, 2.75) is 20.3 Å². The van der Waals surface area contributed by atoms with E-state index in [0.29, 0.717) is 34.6 Å². The number of amides is 2. The number of carbonyl (C=O) groups is 2. The second-order valence-corrected chi connectivity index (χ2v) is 7.12. The van der Waals surface area contributed by atoms with Crippen LogP contribution in [0.1, 0.15) is 25.8 Å². The van der Waals surface area contributed by atoms with E-state index in [4.69, 9.17) is 4.42 Å². The average Bonchev–Trinajstić information content (AvgIpc) is 3.45. The number of carbonyl (C=O) groups excluding carboxylic acids is 2. The molecule has 0 aliphatic carbocycles. The van der Waals surface area contributed by atoms with Crippen molar-refractivity contribution in [2.24, 2.45) is 0 Å². The number of hydrogen-bond acceptors (Lipinski definition) is 5. The van der Waals surface area contributed by atoms with Gasteiger partial charge in [-0.2, -0.15) is 10.4 Å². The van der Waals surface area contributed by atoms with Gasteiger partial charge in [0, 0.05) is 23.9 Å². The number of furan rings is 1. The Labute approximate surface area is 179 Å². The fourth-order valence-corrected chi connectivity index (χ4v) is 3.52. The smallest absolute Gasteiger partial charge is 0.271 e. The van der Waals surface area contributed by atoms with Crippen molar-refractivity contribution in [3.05, 3.63) is 77.2 Å². The van der Waals surface area contributed by atoms with E-state index >= 15 is 0 Å². The molecule has 1 aromatic carbocycles. The fraction of sp³-hybridized carbons (Fsp3) is 0.167. The molecule has 1 aliphatic rings. The first-order valence-corrected chi connectivity index (χ1v) is 9.93. The zero-order valence-electron chi connectivity index (χ0n) is 17.2. The van der Waals surface area contributed by atoms with Crippen molar-refractivity contribution in [3.63, 3.8) is 0 Å². The zero-order valence-corrected chi connectivity index (χ0v) is 17.2. The van der Waals surface area contributed by atoms with E-state index in [9.17, 15) is 14.9 Å². The topological polar surface area (TPSA) is 92.1 Å². The Morgan fingerprint density at radius 1 is 1.13 bits per heavy atom. The van der Waals surface area contributed by atoms with Crippen LogP contribution in [0.2, 0.25) is 0 Å². The highest BCUT2D eigenvalue weighted by atomic mass is 16.3. The first-order valence-electron chi connectivity index (χ1n) is 9.93. The Balaban J connectivity index is 1.90. The second kappa shape index (κ2) is 8.28. The molecule has 0 fully saturated rings. The van der Waals surface area contributed by atoms with Crippen molar-refractivity contribution >= 4 is 17.9 Å². The Kier molecular flexibility index (Phi) is 5.37. The lowest BCUT2D eigenvalue weighted by atomic mass is 9.93. The standard InChI is InChI=1S/C24H20N4O3/c1-3-11-27-23(29)19(16(2)20(14-25)24(27)30)13-17-15-28(18-8-5-4-6-9-18)26-22(17)21-10-7-12-31-21/h4-10,12-13,15H,3,11H2,1-2H3. The van der Waals surface area contributed by atoms with Gasteiger partial charge in [-0.25, -0.2) is 4.68 Å². The van der Waals surface area contributed by atoms with E-state index in [1.54, 1.807) is 42.3 Å². The Morgan fingerprint density at radius 3 is 2.55 bits per heavy atom. The lowest BCUT2D eigenvalue weighted by Gasteiger charge is -2.27. The van der Waals surface area contributed by atoms with Crippen molar-refractivity contribution in [3.8, 4) is 23.2 Å². The summed E-state index contributed by atoms with van der Waals surface area (Å²) in [5.74, 6) is -0.412. The maximum Gasteiger partial charge on any atom is 0.271 e. The van der Waals surface area contributed by atoms with Gasteiger partial charge in [-0.3, -0.25) is 14.5 Å². The summed E-state index contributed by atoms with van der Waals surface area (Å²) in [7, 11) is 0. The fourth-order valence-electron chi connectivity index (χ4n) is 3.52. The normalized spacial score (nSPS) is 15.6. The first-order chi connectivity index (χ1) is 15.0. The van der Waals surface area contributed by atoms with Crippen LogP contribution in [0.5, 0.6) is 0 Å². The summed E-state index contributed by atoms with van der Waals surface area (Å²) in [6.45, 7) is 3.75. The van der Waals surface area contributed by atoms with Gasteiger partial charge < -0.3 is 4.42 Å². The molecule has 2 aromatic heterocycles. The molecule has 7 heteroatoms. The molecule has 0 bridgehead atoms. The summed E-state index contributed by atoms with van der Waals surface area (Å²) < 4.78 is 7.26. The van der Waals surface area contributed by atoms with Crippen LogP contribution in [0.4, 0.5) is 0 Å². The first kappa shape index (κ1) is 20.1. The highest BCUT2D eigenvalue weighted by molar-refractivity contribution is 6.19. The Hall–Kier alpha value is -4.18. The molecule has 0 atom stereocenters. The van der Waals surface area contributed by atoms with Gasteiger partial charge in [-0.15, -0.1) is 0 Å². The molecule has 0 saturated carbocycles. The van der Waals surface area contributed by atoms with Gasteiger partial charge in [-0.1, -0.05) is 25.1 Å². The largest absolute Gasteiger partial charge is 0.463 e. The Morgan fingerprint density at radius 2 is 1.90 bits per heavy atom. The molecule has 2 amide bonds. The van der Waals surface area contributed by atoms with Crippen molar-refractivity contribution in [1.29, 1.82) is 5.26 Å². The molecule has 0 N–H and O–H groups in total. The Bertz CT molecular complexity index is 1240. The van der Waals surface area contributed by atoms with Crippen molar-refractivity contribution in [1.82, 2.24) is 14.7 Å². The van der Waals surface area contributed by atoms with E-state index in [1.807, 2.05) is 43.3 Å². The van der Waals surface area contributed by atoms with Crippen LogP contribution < -0.4 is 0 Å². The minimum atomic E-state index is -0.546. The van der Waals surface area contributed by atoms with E-state index in [2.05, 4.69) is 5.10 Å². The van der Waals surface area contributed by atoms with Gasteiger partial charge in [0.15, 0.2) is 5.76 Å².